The number of carbonyl (C=O) groups is 2. The number of likely N-dealkylation sites (N-methyl/N-ethyl adjacent to an activating group) is 1. The molecule has 2 amide bonds. The molecule has 0 radical (unpaired) electrons. The number of amides is 2. The highest BCUT2D eigenvalue weighted by Gasteiger charge is 2.28. The molecule has 0 aliphatic carbocycles. The summed E-state index contributed by atoms with van der Waals surface area (Å²) in [6.07, 6.45) is 0. The quantitative estimate of drug-likeness (QED) is 0.765. The second-order valence-corrected chi connectivity index (χ2v) is 6.55. The van der Waals surface area contributed by atoms with Gasteiger partial charge in [-0.2, -0.15) is 5.26 Å². The molecule has 1 aromatic rings. The Kier molecular flexibility index (Phi) is 7.91. The first kappa shape index (κ1) is 21.3. The first-order chi connectivity index (χ1) is 12.2. The molecule has 0 heterocycles. The summed E-state index contributed by atoms with van der Waals surface area (Å²) in [7, 11) is 4.64. The van der Waals surface area contributed by atoms with Crippen molar-refractivity contribution in [2.75, 3.05) is 27.8 Å². The number of ether oxygens (including phenoxy) is 2. The van der Waals surface area contributed by atoms with Gasteiger partial charge in [-0.15, -0.1) is 0 Å². The zero-order chi connectivity index (χ0) is 19.9. The number of hydrogen-bond acceptors (Lipinski definition) is 5. The van der Waals surface area contributed by atoms with Crippen LogP contribution in [0, 0.1) is 23.2 Å². The van der Waals surface area contributed by atoms with Crippen LogP contribution in [-0.2, 0) is 4.79 Å². The standard InChI is InChI=1S/C19H27N3O4/c1-12(2)17(19(24)22(4)11-13(3)10-20)21-18(23)14-7-15(25-5)9-16(8-14)26-6/h7-9,12-13,17H,11H2,1-6H3,(H,21,23)/t13-,17-/m0/s1. The fraction of sp³-hybridized carbons (Fsp3) is 0.526. The Morgan fingerprint density at radius 3 is 2.12 bits per heavy atom. The van der Waals surface area contributed by atoms with E-state index >= 15 is 0 Å². The molecule has 0 aliphatic rings. The minimum atomic E-state index is -0.699. The lowest BCUT2D eigenvalue weighted by Crippen LogP contribution is -2.50. The van der Waals surface area contributed by atoms with Gasteiger partial charge in [-0.25, -0.2) is 0 Å². The molecule has 7 heteroatoms. The van der Waals surface area contributed by atoms with E-state index < -0.39 is 11.9 Å². The van der Waals surface area contributed by atoms with E-state index in [1.54, 1.807) is 32.2 Å². The number of carbonyl (C=O) groups excluding carboxylic acids is 2. The molecule has 0 aliphatic heterocycles. The first-order valence-electron chi connectivity index (χ1n) is 8.42. The number of hydrogen-bond donors (Lipinski definition) is 1. The molecule has 0 fully saturated rings. The lowest BCUT2D eigenvalue weighted by atomic mass is 10.0. The van der Waals surface area contributed by atoms with Gasteiger partial charge in [0.2, 0.25) is 5.91 Å². The minimum absolute atomic E-state index is 0.112. The number of nitriles is 1. The van der Waals surface area contributed by atoms with Gasteiger partial charge in [0.25, 0.3) is 5.91 Å². The summed E-state index contributed by atoms with van der Waals surface area (Å²) in [6, 6.07) is 6.24. The van der Waals surface area contributed by atoms with Crippen LogP contribution in [-0.4, -0.2) is 50.6 Å². The first-order valence-corrected chi connectivity index (χ1v) is 8.42. The Morgan fingerprint density at radius 2 is 1.69 bits per heavy atom. The van der Waals surface area contributed by atoms with Crippen molar-refractivity contribution >= 4 is 11.8 Å². The van der Waals surface area contributed by atoms with Crippen molar-refractivity contribution < 1.29 is 19.1 Å². The van der Waals surface area contributed by atoms with Crippen LogP contribution in [0.15, 0.2) is 18.2 Å². The Hall–Kier alpha value is -2.75. The molecule has 1 aromatic carbocycles. The zero-order valence-electron chi connectivity index (χ0n) is 16.2. The van der Waals surface area contributed by atoms with Crippen molar-refractivity contribution in [3.8, 4) is 17.6 Å². The van der Waals surface area contributed by atoms with Gasteiger partial charge in [0, 0.05) is 25.2 Å². The number of nitrogens with one attached hydrogen (secondary N) is 1. The summed E-state index contributed by atoms with van der Waals surface area (Å²) in [5.41, 5.74) is 0.340. The van der Waals surface area contributed by atoms with E-state index in [2.05, 4.69) is 11.4 Å². The summed E-state index contributed by atoms with van der Waals surface area (Å²) in [5, 5.41) is 11.7. The Balaban J connectivity index is 2.98. The fourth-order valence-electron chi connectivity index (χ4n) is 2.46. The molecule has 2 atom stereocenters. The third-order valence-electron chi connectivity index (χ3n) is 3.98. The Labute approximate surface area is 154 Å². The highest BCUT2D eigenvalue weighted by Crippen LogP contribution is 2.22. The van der Waals surface area contributed by atoms with Crippen molar-refractivity contribution in [3.63, 3.8) is 0 Å². The van der Waals surface area contributed by atoms with Gasteiger partial charge in [0.15, 0.2) is 0 Å². The maximum atomic E-state index is 12.7. The van der Waals surface area contributed by atoms with Gasteiger partial charge in [-0.05, 0) is 25.0 Å². The van der Waals surface area contributed by atoms with Crippen LogP contribution in [0.2, 0.25) is 0 Å². The highest BCUT2D eigenvalue weighted by atomic mass is 16.5. The minimum Gasteiger partial charge on any atom is -0.497 e. The second-order valence-electron chi connectivity index (χ2n) is 6.55. The Morgan fingerprint density at radius 1 is 1.15 bits per heavy atom. The van der Waals surface area contributed by atoms with Gasteiger partial charge < -0.3 is 19.7 Å². The van der Waals surface area contributed by atoms with Gasteiger partial charge in [0.05, 0.1) is 26.2 Å². The molecule has 26 heavy (non-hydrogen) atoms. The molecule has 142 valence electrons. The number of benzene rings is 1. The smallest absolute Gasteiger partial charge is 0.252 e. The SMILES string of the molecule is COc1cc(OC)cc(C(=O)N[C@H](C(=O)N(C)C[C@@H](C)C#N)C(C)C)c1. The van der Waals surface area contributed by atoms with Crippen molar-refractivity contribution in [3.05, 3.63) is 23.8 Å². The molecule has 0 spiro atoms. The zero-order valence-corrected chi connectivity index (χ0v) is 16.2. The monoisotopic (exact) mass is 361 g/mol. The van der Waals surface area contributed by atoms with Crippen molar-refractivity contribution in [1.29, 1.82) is 5.26 Å². The van der Waals surface area contributed by atoms with Crippen LogP contribution in [0.1, 0.15) is 31.1 Å². The van der Waals surface area contributed by atoms with Gasteiger partial charge >= 0.3 is 0 Å². The van der Waals surface area contributed by atoms with Crippen molar-refractivity contribution in [1.82, 2.24) is 10.2 Å². The average molecular weight is 361 g/mol. The van der Waals surface area contributed by atoms with Crippen LogP contribution in [0.3, 0.4) is 0 Å². The molecule has 0 saturated heterocycles. The normalized spacial score (nSPS) is 12.7. The van der Waals surface area contributed by atoms with E-state index in [4.69, 9.17) is 14.7 Å². The maximum Gasteiger partial charge on any atom is 0.252 e. The Bertz CT molecular complexity index is 660. The van der Waals surface area contributed by atoms with E-state index in [1.807, 2.05) is 13.8 Å². The molecule has 0 aromatic heterocycles. The van der Waals surface area contributed by atoms with Crippen LogP contribution < -0.4 is 14.8 Å². The van der Waals surface area contributed by atoms with E-state index in [0.29, 0.717) is 23.6 Å². The maximum absolute atomic E-state index is 12.7. The molecule has 1 rings (SSSR count). The molecule has 0 saturated carbocycles. The summed E-state index contributed by atoms with van der Waals surface area (Å²) in [6.45, 7) is 5.77. The third-order valence-corrected chi connectivity index (χ3v) is 3.98. The van der Waals surface area contributed by atoms with Crippen LogP contribution in [0.25, 0.3) is 0 Å². The average Bonchev–Trinajstić information content (AvgIpc) is 2.64. The second kappa shape index (κ2) is 9.66. The number of nitrogens with zero attached hydrogens (tertiary/aromatic N) is 2. The highest BCUT2D eigenvalue weighted by molar-refractivity contribution is 5.98. The molecular weight excluding hydrogens is 334 g/mol. The van der Waals surface area contributed by atoms with E-state index in [1.165, 1.54) is 19.1 Å². The largest absolute Gasteiger partial charge is 0.497 e. The summed E-state index contributed by atoms with van der Waals surface area (Å²) < 4.78 is 10.4. The summed E-state index contributed by atoms with van der Waals surface area (Å²) >= 11 is 0. The molecule has 7 nitrogen and oxygen atoms in total. The summed E-state index contributed by atoms with van der Waals surface area (Å²) in [5.74, 6) is -0.0426. The van der Waals surface area contributed by atoms with E-state index in [9.17, 15) is 9.59 Å². The lowest BCUT2D eigenvalue weighted by molar-refractivity contribution is -0.133. The summed E-state index contributed by atoms with van der Waals surface area (Å²) in [4.78, 5) is 26.8. The van der Waals surface area contributed by atoms with Crippen molar-refractivity contribution in [2.45, 2.75) is 26.8 Å². The molecule has 0 unspecified atom stereocenters. The lowest BCUT2D eigenvalue weighted by Gasteiger charge is -2.27. The van der Waals surface area contributed by atoms with Gasteiger partial charge in [-0.3, -0.25) is 9.59 Å². The van der Waals surface area contributed by atoms with Crippen LogP contribution in [0.5, 0.6) is 11.5 Å². The van der Waals surface area contributed by atoms with Gasteiger partial charge in [-0.1, -0.05) is 13.8 Å². The molecule has 0 bridgehead atoms. The third kappa shape index (κ3) is 5.66. The fourth-order valence-corrected chi connectivity index (χ4v) is 2.46. The predicted molar refractivity (Wildman–Crippen MR) is 98.1 cm³/mol. The predicted octanol–water partition coefficient (Wildman–Crippen LogP) is 2.08. The van der Waals surface area contributed by atoms with E-state index in [0.717, 1.165) is 0 Å². The van der Waals surface area contributed by atoms with Gasteiger partial charge in [0.1, 0.15) is 17.5 Å². The number of rotatable bonds is 8. The van der Waals surface area contributed by atoms with Crippen LogP contribution in [0.4, 0.5) is 0 Å². The van der Waals surface area contributed by atoms with E-state index in [-0.39, 0.29) is 17.7 Å². The van der Waals surface area contributed by atoms with Crippen molar-refractivity contribution in [2.24, 2.45) is 11.8 Å². The molecular formula is C19H27N3O4. The number of methoxy groups -OCH3 is 2. The molecule has 1 N–H and O–H groups in total. The topological polar surface area (TPSA) is 91.7 Å². The van der Waals surface area contributed by atoms with Crippen LogP contribution >= 0.6 is 0 Å².